The first kappa shape index (κ1) is 16.2. The topological polar surface area (TPSA) is 12.0 Å². The molecule has 1 aromatic rings. The molecule has 1 aromatic carbocycles. The van der Waals surface area contributed by atoms with Gasteiger partial charge < -0.3 is 5.32 Å². The Bertz CT molecular complexity index is 307. The molecule has 0 radical (unpaired) electrons. The highest BCUT2D eigenvalue weighted by Gasteiger charge is 2.17. The van der Waals surface area contributed by atoms with E-state index in [-0.39, 0.29) is 0 Å². The van der Waals surface area contributed by atoms with Crippen LogP contribution in [0.15, 0.2) is 30.3 Å². The van der Waals surface area contributed by atoms with Crippen LogP contribution in [0.3, 0.4) is 0 Å². The first-order valence-electron chi connectivity index (χ1n) is 8.07. The van der Waals surface area contributed by atoms with E-state index in [4.69, 9.17) is 0 Å². The molecule has 0 amide bonds. The van der Waals surface area contributed by atoms with Gasteiger partial charge in [-0.25, -0.2) is 0 Å². The molecule has 1 rings (SSSR count). The summed E-state index contributed by atoms with van der Waals surface area (Å²) in [5.41, 5.74) is 1.46. The van der Waals surface area contributed by atoms with Crippen LogP contribution in [-0.2, 0) is 0 Å². The highest BCUT2D eigenvalue weighted by Crippen LogP contribution is 2.22. The SMILES string of the molecule is CCCCCCC(NCCC)C(C)c1ccccc1. The molecule has 2 atom stereocenters. The van der Waals surface area contributed by atoms with E-state index in [2.05, 4.69) is 56.4 Å². The molecule has 2 unspecified atom stereocenters. The monoisotopic (exact) mass is 261 g/mol. The summed E-state index contributed by atoms with van der Waals surface area (Å²) in [7, 11) is 0. The summed E-state index contributed by atoms with van der Waals surface area (Å²) < 4.78 is 0. The lowest BCUT2D eigenvalue weighted by atomic mass is 9.89. The van der Waals surface area contributed by atoms with Crippen molar-refractivity contribution in [2.24, 2.45) is 0 Å². The highest BCUT2D eigenvalue weighted by molar-refractivity contribution is 5.20. The molecule has 0 bridgehead atoms. The minimum absolute atomic E-state index is 0.606. The van der Waals surface area contributed by atoms with E-state index < -0.39 is 0 Å². The number of unbranched alkanes of at least 4 members (excludes halogenated alkanes) is 3. The van der Waals surface area contributed by atoms with Crippen molar-refractivity contribution in [2.45, 2.75) is 71.3 Å². The third-order valence-electron chi connectivity index (χ3n) is 3.95. The predicted molar refractivity (Wildman–Crippen MR) is 85.7 cm³/mol. The predicted octanol–water partition coefficient (Wildman–Crippen LogP) is 5.13. The van der Waals surface area contributed by atoms with Gasteiger partial charge in [0.05, 0.1) is 0 Å². The van der Waals surface area contributed by atoms with Gasteiger partial charge in [-0.3, -0.25) is 0 Å². The van der Waals surface area contributed by atoms with E-state index in [1.165, 1.54) is 44.1 Å². The first-order chi connectivity index (χ1) is 9.29. The van der Waals surface area contributed by atoms with Gasteiger partial charge in [0.1, 0.15) is 0 Å². The molecule has 0 aliphatic rings. The summed E-state index contributed by atoms with van der Waals surface area (Å²) >= 11 is 0. The second-order valence-electron chi connectivity index (χ2n) is 5.61. The van der Waals surface area contributed by atoms with Crippen molar-refractivity contribution in [3.8, 4) is 0 Å². The Kier molecular flexibility index (Phi) is 8.57. The number of nitrogens with one attached hydrogen (secondary N) is 1. The average Bonchev–Trinajstić information content (AvgIpc) is 2.47. The molecule has 1 heteroatoms. The van der Waals surface area contributed by atoms with Crippen molar-refractivity contribution < 1.29 is 0 Å². The van der Waals surface area contributed by atoms with Gasteiger partial charge in [0.15, 0.2) is 0 Å². The molecule has 0 heterocycles. The lowest BCUT2D eigenvalue weighted by Gasteiger charge is -2.26. The molecular weight excluding hydrogens is 230 g/mol. The van der Waals surface area contributed by atoms with Crippen LogP contribution >= 0.6 is 0 Å². The fraction of sp³-hybridized carbons (Fsp3) is 0.667. The lowest BCUT2D eigenvalue weighted by molar-refractivity contribution is 0.407. The molecule has 0 aliphatic heterocycles. The fourth-order valence-corrected chi connectivity index (χ4v) is 2.64. The average molecular weight is 261 g/mol. The molecule has 0 spiro atoms. The van der Waals surface area contributed by atoms with Gasteiger partial charge in [0.25, 0.3) is 0 Å². The maximum absolute atomic E-state index is 3.74. The zero-order valence-electron chi connectivity index (χ0n) is 13.0. The number of benzene rings is 1. The van der Waals surface area contributed by atoms with Crippen LogP contribution in [0.5, 0.6) is 0 Å². The molecular formula is C18H31N. The van der Waals surface area contributed by atoms with E-state index >= 15 is 0 Å². The second kappa shape index (κ2) is 10.0. The minimum atomic E-state index is 0.606. The van der Waals surface area contributed by atoms with Gasteiger partial charge in [-0.2, -0.15) is 0 Å². The smallest absolute Gasteiger partial charge is 0.0133 e. The van der Waals surface area contributed by atoms with Crippen LogP contribution in [0.1, 0.15) is 70.8 Å². The van der Waals surface area contributed by atoms with Crippen LogP contribution < -0.4 is 5.32 Å². The zero-order chi connectivity index (χ0) is 13.9. The molecule has 108 valence electrons. The molecule has 19 heavy (non-hydrogen) atoms. The minimum Gasteiger partial charge on any atom is -0.313 e. The van der Waals surface area contributed by atoms with Gasteiger partial charge in [-0.1, -0.05) is 76.8 Å². The summed E-state index contributed by atoms with van der Waals surface area (Å²) in [6.07, 6.45) is 7.94. The first-order valence-corrected chi connectivity index (χ1v) is 8.07. The summed E-state index contributed by atoms with van der Waals surface area (Å²) in [5.74, 6) is 0.606. The largest absolute Gasteiger partial charge is 0.313 e. The Labute approximate surface area is 119 Å². The molecule has 1 nitrogen and oxygen atoms in total. The van der Waals surface area contributed by atoms with Crippen LogP contribution in [0.4, 0.5) is 0 Å². The van der Waals surface area contributed by atoms with Gasteiger partial charge in [-0.15, -0.1) is 0 Å². The van der Waals surface area contributed by atoms with Crippen molar-refractivity contribution in [1.29, 1.82) is 0 Å². The lowest BCUT2D eigenvalue weighted by Crippen LogP contribution is -2.34. The molecule has 0 saturated carbocycles. The Morgan fingerprint density at radius 1 is 0.947 bits per heavy atom. The van der Waals surface area contributed by atoms with Crippen molar-refractivity contribution >= 4 is 0 Å². The van der Waals surface area contributed by atoms with Gasteiger partial charge >= 0.3 is 0 Å². The van der Waals surface area contributed by atoms with Crippen molar-refractivity contribution in [2.75, 3.05) is 6.54 Å². The Morgan fingerprint density at radius 3 is 2.32 bits per heavy atom. The zero-order valence-corrected chi connectivity index (χ0v) is 13.0. The Balaban J connectivity index is 2.51. The number of hydrogen-bond acceptors (Lipinski definition) is 1. The van der Waals surface area contributed by atoms with E-state index in [1.54, 1.807) is 0 Å². The van der Waals surface area contributed by atoms with E-state index in [9.17, 15) is 0 Å². The van der Waals surface area contributed by atoms with Crippen molar-refractivity contribution in [3.63, 3.8) is 0 Å². The number of hydrogen-bond donors (Lipinski definition) is 1. The van der Waals surface area contributed by atoms with Gasteiger partial charge in [0, 0.05) is 6.04 Å². The fourth-order valence-electron chi connectivity index (χ4n) is 2.64. The standard InChI is InChI=1S/C18H31N/c1-4-6-7-11-14-18(19-15-5-2)16(3)17-12-9-8-10-13-17/h8-10,12-13,16,18-19H,4-7,11,14-15H2,1-3H3. The Morgan fingerprint density at radius 2 is 1.68 bits per heavy atom. The van der Waals surface area contributed by atoms with E-state index in [1.807, 2.05) is 0 Å². The summed E-state index contributed by atoms with van der Waals surface area (Å²) in [5, 5.41) is 3.74. The molecule has 0 saturated heterocycles. The summed E-state index contributed by atoms with van der Waals surface area (Å²) in [6, 6.07) is 11.6. The normalized spacial score (nSPS) is 14.3. The van der Waals surface area contributed by atoms with Gasteiger partial charge in [-0.05, 0) is 30.9 Å². The highest BCUT2D eigenvalue weighted by atomic mass is 14.9. The Hall–Kier alpha value is -0.820. The van der Waals surface area contributed by atoms with Crippen LogP contribution in [0.25, 0.3) is 0 Å². The third kappa shape index (κ3) is 6.24. The molecule has 1 N–H and O–H groups in total. The van der Waals surface area contributed by atoms with Gasteiger partial charge in [0.2, 0.25) is 0 Å². The van der Waals surface area contributed by atoms with E-state index in [0.29, 0.717) is 12.0 Å². The third-order valence-corrected chi connectivity index (χ3v) is 3.95. The molecule has 0 aliphatic carbocycles. The van der Waals surface area contributed by atoms with Crippen LogP contribution in [0, 0.1) is 0 Å². The molecule has 0 aromatic heterocycles. The molecule has 0 fully saturated rings. The summed E-state index contributed by atoms with van der Waals surface area (Å²) in [6.45, 7) is 8.02. The summed E-state index contributed by atoms with van der Waals surface area (Å²) in [4.78, 5) is 0. The van der Waals surface area contributed by atoms with Crippen LogP contribution in [-0.4, -0.2) is 12.6 Å². The number of rotatable bonds is 10. The quantitative estimate of drug-likeness (QED) is 0.576. The van der Waals surface area contributed by atoms with Crippen molar-refractivity contribution in [1.82, 2.24) is 5.32 Å². The van der Waals surface area contributed by atoms with Crippen molar-refractivity contribution in [3.05, 3.63) is 35.9 Å². The maximum atomic E-state index is 3.74. The van der Waals surface area contributed by atoms with Crippen LogP contribution in [0.2, 0.25) is 0 Å². The second-order valence-corrected chi connectivity index (χ2v) is 5.61. The maximum Gasteiger partial charge on any atom is 0.0133 e. The van der Waals surface area contributed by atoms with E-state index in [0.717, 1.165) is 6.54 Å².